The van der Waals surface area contributed by atoms with Crippen LogP contribution < -0.4 is 5.32 Å². The first-order chi connectivity index (χ1) is 10.2. The highest BCUT2D eigenvalue weighted by Crippen LogP contribution is 2.28. The highest BCUT2D eigenvalue weighted by Gasteiger charge is 2.22. The number of nitrogens with one attached hydrogen (secondary N) is 1. The van der Waals surface area contributed by atoms with Crippen molar-refractivity contribution in [1.82, 2.24) is 10.2 Å². The summed E-state index contributed by atoms with van der Waals surface area (Å²) in [5, 5.41) is 3.39. The molecule has 1 aromatic carbocycles. The van der Waals surface area contributed by atoms with E-state index < -0.39 is 0 Å². The lowest BCUT2D eigenvalue weighted by atomic mass is 9.97. The molecule has 1 aliphatic rings. The largest absolute Gasteiger partial charge is 0.314 e. The fourth-order valence-electron chi connectivity index (χ4n) is 3.00. The summed E-state index contributed by atoms with van der Waals surface area (Å²) in [7, 11) is 0. The van der Waals surface area contributed by atoms with Gasteiger partial charge in [-0.15, -0.1) is 6.58 Å². The van der Waals surface area contributed by atoms with Crippen molar-refractivity contribution in [2.24, 2.45) is 0 Å². The van der Waals surface area contributed by atoms with Gasteiger partial charge in [0.1, 0.15) is 5.82 Å². The summed E-state index contributed by atoms with van der Waals surface area (Å²) in [4.78, 5) is 2.49. The zero-order valence-electron chi connectivity index (χ0n) is 13.1. The first kappa shape index (κ1) is 16.2. The Labute approximate surface area is 128 Å². The van der Waals surface area contributed by atoms with Crippen LogP contribution in [-0.4, -0.2) is 31.1 Å². The van der Waals surface area contributed by atoms with Crippen molar-refractivity contribution in [3.8, 4) is 0 Å². The Bertz CT molecular complexity index is 453. The number of benzene rings is 1. The molecule has 0 bridgehead atoms. The Balaban J connectivity index is 2.09. The molecule has 1 N–H and O–H groups in total. The fraction of sp³-hybridized carbons (Fsp3) is 0.556. The summed E-state index contributed by atoms with van der Waals surface area (Å²) in [5.41, 5.74) is 1.85. The number of unbranched alkanes of at least 4 members (excludes halogenated alkanes) is 2. The van der Waals surface area contributed by atoms with Gasteiger partial charge in [0.25, 0.3) is 0 Å². The third-order valence-electron chi connectivity index (χ3n) is 4.31. The van der Waals surface area contributed by atoms with Gasteiger partial charge in [0, 0.05) is 32.2 Å². The molecule has 21 heavy (non-hydrogen) atoms. The molecule has 2 nitrogen and oxygen atoms in total. The first-order valence-corrected chi connectivity index (χ1v) is 8.04. The third-order valence-corrected chi connectivity index (χ3v) is 4.31. The predicted octanol–water partition coefficient (Wildman–Crippen LogP) is 3.83. The minimum atomic E-state index is -0.0845. The summed E-state index contributed by atoms with van der Waals surface area (Å²) < 4.78 is 13.9. The lowest BCUT2D eigenvalue weighted by Gasteiger charge is -2.35. The molecule has 0 aliphatic carbocycles. The second kappa shape index (κ2) is 8.30. The van der Waals surface area contributed by atoms with Crippen LogP contribution in [0.15, 0.2) is 30.9 Å². The van der Waals surface area contributed by atoms with Crippen molar-refractivity contribution < 1.29 is 4.39 Å². The van der Waals surface area contributed by atoms with Crippen LogP contribution in [0, 0.1) is 12.7 Å². The average molecular weight is 290 g/mol. The predicted molar refractivity (Wildman–Crippen MR) is 87.0 cm³/mol. The van der Waals surface area contributed by atoms with Crippen molar-refractivity contribution in [2.75, 3.05) is 26.2 Å². The smallest absolute Gasteiger partial charge is 0.126 e. The molecule has 0 spiro atoms. The van der Waals surface area contributed by atoms with Crippen LogP contribution in [0.3, 0.4) is 0 Å². The van der Waals surface area contributed by atoms with Crippen LogP contribution in [0.5, 0.6) is 0 Å². The number of halogens is 1. The molecule has 1 aromatic rings. The molecule has 1 aliphatic heterocycles. The van der Waals surface area contributed by atoms with E-state index in [2.05, 4.69) is 22.9 Å². The highest BCUT2D eigenvalue weighted by atomic mass is 19.1. The summed E-state index contributed by atoms with van der Waals surface area (Å²) in [5.74, 6) is -0.0845. The van der Waals surface area contributed by atoms with Crippen LogP contribution in [-0.2, 0) is 0 Å². The minimum absolute atomic E-state index is 0.0845. The summed E-state index contributed by atoms with van der Waals surface area (Å²) >= 11 is 0. The van der Waals surface area contributed by atoms with Gasteiger partial charge in [-0.05, 0) is 43.4 Å². The molecule has 3 heteroatoms. The second-order valence-electron chi connectivity index (χ2n) is 5.88. The molecule has 1 saturated heterocycles. The maximum atomic E-state index is 13.9. The SMILES string of the molecule is C=CCCCC[C@H](c1ccc(C)c(F)c1)N1CCNCC1. The van der Waals surface area contributed by atoms with E-state index in [0.717, 1.165) is 56.6 Å². The maximum Gasteiger partial charge on any atom is 0.126 e. The van der Waals surface area contributed by atoms with E-state index in [-0.39, 0.29) is 5.82 Å². The van der Waals surface area contributed by atoms with Crippen LogP contribution in [0.1, 0.15) is 42.9 Å². The van der Waals surface area contributed by atoms with E-state index in [0.29, 0.717) is 6.04 Å². The number of aryl methyl sites for hydroxylation is 1. The zero-order valence-corrected chi connectivity index (χ0v) is 13.1. The van der Waals surface area contributed by atoms with Crippen LogP contribution >= 0.6 is 0 Å². The van der Waals surface area contributed by atoms with Gasteiger partial charge < -0.3 is 5.32 Å². The monoisotopic (exact) mass is 290 g/mol. The molecule has 116 valence electrons. The van der Waals surface area contributed by atoms with Crippen molar-refractivity contribution in [3.05, 3.63) is 47.8 Å². The Morgan fingerprint density at radius 3 is 2.76 bits per heavy atom. The van der Waals surface area contributed by atoms with E-state index in [1.807, 2.05) is 19.1 Å². The molecule has 0 radical (unpaired) electrons. The van der Waals surface area contributed by atoms with Crippen molar-refractivity contribution in [2.45, 2.75) is 38.6 Å². The summed E-state index contributed by atoms with van der Waals surface area (Å²) in [6, 6.07) is 6.07. The normalized spacial score (nSPS) is 17.6. The summed E-state index contributed by atoms with van der Waals surface area (Å²) in [6.45, 7) is 9.74. The number of allylic oxidation sites excluding steroid dienone is 1. The number of nitrogens with zero attached hydrogens (tertiary/aromatic N) is 1. The Morgan fingerprint density at radius 2 is 2.10 bits per heavy atom. The van der Waals surface area contributed by atoms with Crippen molar-refractivity contribution in [1.29, 1.82) is 0 Å². The quantitative estimate of drug-likeness (QED) is 0.606. The molecule has 1 fully saturated rings. The Hall–Kier alpha value is -1.19. The molecule has 0 saturated carbocycles. The number of hydrogen-bond donors (Lipinski definition) is 1. The molecule has 0 unspecified atom stereocenters. The van der Waals surface area contributed by atoms with Gasteiger partial charge in [0.2, 0.25) is 0 Å². The van der Waals surface area contributed by atoms with E-state index in [1.165, 1.54) is 6.42 Å². The van der Waals surface area contributed by atoms with E-state index in [9.17, 15) is 4.39 Å². The Kier molecular flexibility index (Phi) is 6.40. The van der Waals surface area contributed by atoms with Gasteiger partial charge in [-0.1, -0.05) is 24.6 Å². The zero-order chi connectivity index (χ0) is 15.1. The fourth-order valence-corrected chi connectivity index (χ4v) is 3.00. The summed E-state index contributed by atoms with van der Waals surface area (Å²) in [6.07, 6.45) is 6.47. The number of piperazine rings is 1. The van der Waals surface area contributed by atoms with E-state index >= 15 is 0 Å². The number of rotatable bonds is 7. The molecule has 1 atom stereocenters. The van der Waals surface area contributed by atoms with Crippen LogP contribution in [0.2, 0.25) is 0 Å². The third kappa shape index (κ3) is 4.65. The molecule has 1 heterocycles. The molecular formula is C18H27FN2. The van der Waals surface area contributed by atoms with Gasteiger partial charge >= 0.3 is 0 Å². The van der Waals surface area contributed by atoms with E-state index in [4.69, 9.17) is 0 Å². The van der Waals surface area contributed by atoms with Crippen molar-refractivity contribution >= 4 is 0 Å². The lowest BCUT2D eigenvalue weighted by molar-refractivity contribution is 0.162. The average Bonchev–Trinajstić information content (AvgIpc) is 2.51. The van der Waals surface area contributed by atoms with Gasteiger partial charge in [-0.25, -0.2) is 4.39 Å². The number of hydrogen-bond acceptors (Lipinski definition) is 2. The first-order valence-electron chi connectivity index (χ1n) is 8.04. The van der Waals surface area contributed by atoms with Gasteiger partial charge in [0.05, 0.1) is 0 Å². The molecule has 2 rings (SSSR count). The van der Waals surface area contributed by atoms with Gasteiger partial charge in [0.15, 0.2) is 0 Å². The standard InChI is InChI=1S/C18H27FN2/c1-3-4-5-6-7-18(21-12-10-20-11-13-21)16-9-8-15(2)17(19)14-16/h3,8-9,14,18,20H,1,4-7,10-13H2,2H3/t18-/m1/s1. The van der Waals surface area contributed by atoms with Crippen LogP contribution in [0.4, 0.5) is 4.39 Å². The highest BCUT2D eigenvalue weighted by molar-refractivity contribution is 5.26. The Morgan fingerprint density at radius 1 is 1.33 bits per heavy atom. The lowest BCUT2D eigenvalue weighted by Crippen LogP contribution is -2.45. The van der Waals surface area contributed by atoms with Gasteiger partial charge in [-0.3, -0.25) is 4.90 Å². The topological polar surface area (TPSA) is 15.3 Å². The second-order valence-corrected chi connectivity index (χ2v) is 5.88. The molecular weight excluding hydrogens is 263 g/mol. The minimum Gasteiger partial charge on any atom is -0.314 e. The van der Waals surface area contributed by atoms with Crippen molar-refractivity contribution in [3.63, 3.8) is 0 Å². The molecule has 0 amide bonds. The van der Waals surface area contributed by atoms with Gasteiger partial charge in [-0.2, -0.15) is 0 Å². The van der Waals surface area contributed by atoms with E-state index in [1.54, 1.807) is 6.07 Å². The molecule has 0 aromatic heterocycles. The maximum absolute atomic E-state index is 13.9. The van der Waals surface area contributed by atoms with Crippen LogP contribution in [0.25, 0.3) is 0 Å².